The first-order valence-corrected chi connectivity index (χ1v) is 12.0. The molecule has 10 heteroatoms. The van der Waals surface area contributed by atoms with Gasteiger partial charge in [-0.1, -0.05) is 23.4 Å². The van der Waals surface area contributed by atoms with Gasteiger partial charge in [-0.15, -0.1) is 0 Å². The van der Waals surface area contributed by atoms with Gasteiger partial charge in [-0.2, -0.15) is 9.29 Å². The summed E-state index contributed by atoms with van der Waals surface area (Å²) in [5.41, 5.74) is 0.757. The van der Waals surface area contributed by atoms with Crippen molar-refractivity contribution in [3.8, 4) is 11.4 Å². The molecular formula is C22H25N5O4S. The SMILES string of the molecule is O=C1CCN(S(=O)(=O)c2ccccc2)CCCC(c2nc(-c3cccnc3)no2)CCN1. The fourth-order valence-electron chi connectivity index (χ4n) is 3.71. The maximum atomic E-state index is 13.1. The van der Waals surface area contributed by atoms with Gasteiger partial charge in [0.2, 0.25) is 27.6 Å². The molecule has 0 radical (unpaired) electrons. The van der Waals surface area contributed by atoms with Gasteiger partial charge >= 0.3 is 0 Å². The molecule has 1 atom stereocenters. The molecule has 0 spiro atoms. The molecule has 1 amide bonds. The summed E-state index contributed by atoms with van der Waals surface area (Å²) in [7, 11) is -3.68. The maximum Gasteiger partial charge on any atom is 0.243 e. The van der Waals surface area contributed by atoms with Crippen LogP contribution in [-0.4, -0.2) is 53.4 Å². The molecule has 1 saturated heterocycles. The summed E-state index contributed by atoms with van der Waals surface area (Å²) in [5.74, 6) is 0.669. The Hall–Kier alpha value is -3.11. The van der Waals surface area contributed by atoms with Crippen LogP contribution in [0.4, 0.5) is 0 Å². The first kappa shape index (κ1) is 22.1. The minimum atomic E-state index is -3.68. The highest BCUT2D eigenvalue weighted by molar-refractivity contribution is 7.89. The zero-order valence-corrected chi connectivity index (χ0v) is 18.4. The van der Waals surface area contributed by atoms with E-state index in [1.54, 1.807) is 48.8 Å². The van der Waals surface area contributed by atoms with Gasteiger partial charge in [-0.05, 0) is 43.5 Å². The highest BCUT2D eigenvalue weighted by Crippen LogP contribution is 2.27. The number of hydrogen-bond donors (Lipinski definition) is 1. The number of nitrogens with one attached hydrogen (secondary N) is 1. The summed E-state index contributed by atoms with van der Waals surface area (Å²) in [6.07, 6.45) is 5.35. The van der Waals surface area contributed by atoms with Crippen LogP contribution in [0.2, 0.25) is 0 Å². The zero-order chi connectivity index (χ0) is 22.4. The van der Waals surface area contributed by atoms with Crippen molar-refractivity contribution in [1.29, 1.82) is 0 Å². The molecule has 1 N–H and O–H groups in total. The van der Waals surface area contributed by atoms with Crippen LogP contribution in [0, 0.1) is 0 Å². The number of pyridine rings is 1. The Kier molecular flexibility index (Phi) is 6.91. The molecule has 0 saturated carbocycles. The number of aromatic nitrogens is 3. The lowest BCUT2D eigenvalue weighted by molar-refractivity contribution is -0.121. The van der Waals surface area contributed by atoms with Crippen molar-refractivity contribution < 1.29 is 17.7 Å². The Balaban J connectivity index is 1.51. The topological polar surface area (TPSA) is 118 Å². The van der Waals surface area contributed by atoms with Crippen LogP contribution in [0.1, 0.15) is 37.5 Å². The van der Waals surface area contributed by atoms with Crippen molar-refractivity contribution in [2.75, 3.05) is 19.6 Å². The molecular weight excluding hydrogens is 430 g/mol. The molecule has 2 aromatic heterocycles. The van der Waals surface area contributed by atoms with Gasteiger partial charge in [-0.3, -0.25) is 9.78 Å². The lowest BCUT2D eigenvalue weighted by atomic mass is 9.99. The van der Waals surface area contributed by atoms with Crippen molar-refractivity contribution in [2.24, 2.45) is 0 Å². The van der Waals surface area contributed by atoms with E-state index in [9.17, 15) is 13.2 Å². The number of carbonyl (C=O) groups excluding carboxylic acids is 1. The summed E-state index contributed by atoms with van der Waals surface area (Å²) in [6.45, 7) is 0.906. The minimum absolute atomic E-state index is 0.0902. The van der Waals surface area contributed by atoms with Gasteiger partial charge in [0.25, 0.3) is 0 Å². The van der Waals surface area contributed by atoms with Crippen LogP contribution in [0.5, 0.6) is 0 Å². The molecule has 1 aliphatic heterocycles. The fourth-order valence-corrected chi connectivity index (χ4v) is 5.21. The highest BCUT2D eigenvalue weighted by atomic mass is 32.2. The molecule has 0 aliphatic carbocycles. The second-order valence-corrected chi connectivity index (χ2v) is 9.58. The average molecular weight is 456 g/mol. The quantitative estimate of drug-likeness (QED) is 0.642. The van der Waals surface area contributed by atoms with E-state index in [-0.39, 0.29) is 29.7 Å². The molecule has 0 bridgehead atoms. The predicted octanol–water partition coefficient (Wildman–Crippen LogP) is 2.60. The number of hydrogen-bond acceptors (Lipinski definition) is 7. The molecule has 168 valence electrons. The summed E-state index contributed by atoms with van der Waals surface area (Å²) >= 11 is 0. The molecule has 3 aromatic rings. The molecule has 1 aliphatic rings. The number of benzene rings is 1. The maximum absolute atomic E-state index is 13.1. The molecule has 9 nitrogen and oxygen atoms in total. The Bertz CT molecular complexity index is 1140. The number of nitrogens with zero attached hydrogens (tertiary/aromatic N) is 4. The standard InChI is InChI=1S/C22H25N5O4S/c28-20-11-15-27(32(29,30)19-8-2-1-3-9-19)14-5-7-17(10-13-24-20)22-25-21(26-31-22)18-6-4-12-23-16-18/h1-4,6,8-9,12,16-17H,5,7,10-11,13-15H2,(H,24,28). The van der Waals surface area contributed by atoms with E-state index in [1.165, 1.54) is 4.31 Å². The van der Waals surface area contributed by atoms with Crippen LogP contribution in [0.25, 0.3) is 11.4 Å². The van der Waals surface area contributed by atoms with Crippen LogP contribution in [0.15, 0.2) is 64.3 Å². The first-order chi connectivity index (χ1) is 15.5. The summed E-state index contributed by atoms with van der Waals surface area (Å²) < 4.78 is 33.1. The van der Waals surface area contributed by atoms with E-state index < -0.39 is 10.0 Å². The van der Waals surface area contributed by atoms with Crippen LogP contribution in [0.3, 0.4) is 0 Å². The Morgan fingerprint density at radius 1 is 1.06 bits per heavy atom. The predicted molar refractivity (Wildman–Crippen MR) is 117 cm³/mol. The van der Waals surface area contributed by atoms with E-state index >= 15 is 0 Å². The number of amides is 1. The molecule has 1 aromatic carbocycles. The third-order valence-corrected chi connectivity index (χ3v) is 7.37. The van der Waals surface area contributed by atoms with Crippen LogP contribution in [-0.2, 0) is 14.8 Å². The van der Waals surface area contributed by atoms with Gasteiger partial charge in [0.1, 0.15) is 0 Å². The molecule has 4 rings (SSSR count). The summed E-state index contributed by atoms with van der Waals surface area (Å²) in [6, 6.07) is 12.0. The first-order valence-electron chi connectivity index (χ1n) is 10.6. The van der Waals surface area contributed by atoms with Gasteiger partial charge < -0.3 is 9.84 Å². The average Bonchev–Trinajstić information content (AvgIpc) is 3.29. The van der Waals surface area contributed by atoms with E-state index in [1.807, 2.05) is 6.07 Å². The smallest absolute Gasteiger partial charge is 0.243 e. The van der Waals surface area contributed by atoms with Gasteiger partial charge in [-0.25, -0.2) is 8.42 Å². The normalized spacial score (nSPS) is 19.1. The van der Waals surface area contributed by atoms with Gasteiger partial charge in [0.15, 0.2) is 0 Å². The summed E-state index contributed by atoms with van der Waals surface area (Å²) in [5, 5.41) is 6.94. The van der Waals surface area contributed by atoms with Crippen molar-refractivity contribution in [2.45, 2.75) is 36.5 Å². The highest BCUT2D eigenvalue weighted by Gasteiger charge is 2.27. The van der Waals surface area contributed by atoms with Crippen LogP contribution >= 0.6 is 0 Å². The third-order valence-electron chi connectivity index (χ3n) is 5.46. The minimum Gasteiger partial charge on any atom is -0.356 e. The monoisotopic (exact) mass is 455 g/mol. The van der Waals surface area contributed by atoms with Crippen molar-refractivity contribution in [3.05, 3.63) is 60.7 Å². The lowest BCUT2D eigenvalue weighted by Gasteiger charge is -2.22. The fraction of sp³-hybridized carbons (Fsp3) is 0.364. The molecule has 1 unspecified atom stereocenters. The zero-order valence-electron chi connectivity index (χ0n) is 17.6. The summed E-state index contributed by atoms with van der Waals surface area (Å²) in [4.78, 5) is 21.1. The van der Waals surface area contributed by atoms with E-state index in [0.717, 1.165) is 5.56 Å². The number of rotatable bonds is 4. The third kappa shape index (κ3) is 5.20. The Morgan fingerprint density at radius 3 is 2.69 bits per heavy atom. The Morgan fingerprint density at radius 2 is 1.91 bits per heavy atom. The second kappa shape index (κ2) is 10.0. The van der Waals surface area contributed by atoms with Gasteiger partial charge in [0.05, 0.1) is 4.90 Å². The Labute approximate surface area is 186 Å². The van der Waals surface area contributed by atoms with E-state index in [0.29, 0.717) is 44.1 Å². The van der Waals surface area contributed by atoms with Crippen LogP contribution < -0.4 is 5.32 Å². The molecule has 3 heterocycles. The van der Waals surface area contributed by atoms with Crippen molar-refractivity contribution >= 4 is 15.9 Å². The lowest BCUT2D eigenvalue weighted by Crippen LogP contribution is -2.35. The van der Waals surface area contributed by atoms with Crippen molar-refractivity contribution in [1.82, 2.24) is 24.7 Å². The van der Waals surface area contributed by atoms with E-state index in [2.05, 4.69) is 20.4 Å². The molecule has 1 fully saturated rings. The largest absolute Gasteiger partial charge is 0.356 e. The van der Waals surface area contributed by atoms with Crippen molar-refractivity contribution in [3.63, 3.8) is 0 Å². The number of carbonyl (C=O) groups is 1. The second-order valence-electron chi connectivity index (χ2n) is 7.64. The number of sulfonamides is 1. The van der Waals surface area contributed by atoms with E-state index in [4.69, 9.17) is 4.52 Å². The molecule has 32 heavy (non-hydrogen) atoms. The van der Waals surface area contributed by atoms with Gasteiger partial charge in [0, 0.05) is 49.9 Å².